The number of carbonyl (C=O) groups is 1. The molecule has 0 radical (unpaired) electrons. The van der Waals surface area contributed by atoms with E-state index >= 15 is 0 Å². The summed E-state index contributed by atoms with van der Waals surface area (Å²) in [7, 11) is 0. The average Bonchev–Trinajstić information content (AvgIpc) is 3.13. The van der Waals surface area contributed by atoms with Crippen LogP contribution in [-0.4, -0.2) is 48.8 Å². The summed E-state index contributed by atoms with van der Waals surface area (Å²) in [6, 6.07) is 7.52. The first-order valence-corrected chi connectivity index (χ1v) is 11.2. The van der Waals surface area contributed by atoms with Crippen LogP contribution in [0.1, 0.15) is 33.6 Å². The Labute approximate surface area is 174 Å². The molecule has 1 aromatic carbocycles. The zero-order valence-electron chi connectivity index (χ0n) is 17.2. The van der Waals surface area contributed by atoms with E-state index < -0.39 is 0 Å². The third kappa shape index (κ3) is 3.90. The molecule has 2 aromatic heterocycles. The highest BCUT2D eigenvalue weighted by atomic mass is 32.2. The van der Waals surface area contributed by atoms with E-state index in [0.29, 0.717) is 40.5 Å². The van der Waals surface area contributed by atoms with Gasteiger partial charge in [-0.15, -0.1) is 10.2 Å². The number of fused-ring (bicyclic) bond motifs is 3. The summed E-state index contributed by atoms with van der Waals surface area (Å²) in [5.41, 5.74) is 0.725. The van der Waals surface area contributed by atoms with Crippen molar-refractivity contribution >= 4 is 34.3 Å². The van der Waals surface area contributed by atoms with Crippen LogP contribution in [0, 0.1) is 11.8 Å². The van der Waals surface area contributed by atoms with Crippen molar-refractivity contribution in [2.75, 3.05) is 18.8 Å². The Balaban J connectivity index is 1.69. The van der Waals surface area contributed by atoms with Crippen molar-refractivity contribution in [3.63, 3.8) is 0 Å². The van der Waals surface area contributed by atoms with Gasteiger partial charge < -0.3 is 4.90 Å². The molecule has 0 spiro atoms. The molecule has 1 aliphatic heterocycles. The Morgan fingerprint density at radius 2 is 2.07 bits per heavy atom. The zero-order chi connectivity index (χ0) is 20.5. The summed E-state index contributed by atoms with van der Waals surface area (Å²) in [5, 5.41) is 9.93. The maximum absolute atomic E-state index is 13.0. The number of hydrogen-bond acceptors (Lipinski definition) is 5. The molecule has 1 atom stereocenters. The summed E-state index contributed by atoms with van der Waals surface area (Å²) >= 11 is 1.39. The second-order valence-electron chi connectivity index (χ2n) is 8.32. The minimum Gasteiger partial charge on any atom is -0.342 e. The fourth-order valence-corrected chi connectivity index (χ4v) is 4.83. The summed E-state index contributed by atoms with van der Waals surface area (Å²) in [6.07, 6.45) is 2.25. The first-order chi connectivity index (χ1) is 14.0. The van der Waals surface area contributed by atoms with Gasteiger partial charge in [-0.25, -0.2) is 0 Å². The van der Waals surface area contributed by atoms with Crippen molar-refractivity contribution in [1.29, 1.82) is 0 Å². The lowest BCUT2D eigenvalue weighted by Crippen LogP contribution is -2.40. The van der Waals surface area contributed by atoms with Crippen LogP contribution in [0.3, 0.4) is 0 Å². The summed E-state index contributed by atoms with van der Waals surface area (Å²) in [4.78, 5) is 27.7. The minimum absolute atomic E-state index is 0.0517. The van der Waals surface area contributed by atoms with Crippen molar-refractivity contribution in [3.8, 4) is 0 Å². The van der Waals surface area contributed by atoms with Crippen LogP contribution in [-0.2, 0) is 11.3 Å². The Bertz CT molecular complexity index is 1100. The van der Waals surface area contributed by atoms with Crippen molar-refractivity contribution in [2.24, 2.45) is 11.8 Å². The van der Waals surface area contributed by atoms with Gasteiger partial charge in [0.2, 0.25) is 11.7 Å². The van der Waals surface area contributed by atoms with E-state index in [0.717, 1.165) is 25.0 Å². The molecule has 154 valence electrons. The van der Waals surface area contributed by atoms with Crippen LogP contribution in [0.4, 0.5) is 0 Å². The second-order valence-corrected chi connectivity index (χ2v) is 9.26. The molecule has 4 rings (SSSR count). The summed E-state index contributed by atoms with van der Waals surface area (Å²) in [5.74, 6) is 1.85. The number of hydrogen-bond donors (Lipinski definition) is 0. The van der Waals surface area contributed by atoms with Gasteiger partial charge in [0, 0.05) is 19.6 Å². The third-order valence-electron chi connectivity index (χ3n) is 5.36. The fourth-order valence-electron chi connectivity index (χ4n) is 3.99. The topological polar surface area (TPSA) is 72.5 Å². The molecular weight excluding hydrogens is 386 g/mol. The van der Waals surface area contributed by atoms with Crippen LogP contribution in [0.5, 0.6) is 0 Å². The average molecular weight is 414 g/mol. The van der Waals surface area contributed by atoms with E-state index in [1.54, 1.807) is 4.57 Å². The number of likely N-dealkylation sites (tertiary alicyclic amines) is 1. The van der Waals surface area contributed by atoms with Crippen molar-refractivity contribution < 1.29 is 4.79 Å². The van der Waals surface area contributed by atoms with E-state index in [1.807, 2.05) is 33.6 Å². The van der Waals surface area contributed by atoms with Crippen LogP contribution in [0.25, 0.3) is 16.7 Å². The molecule has 0 N–H and O–H groups in total. The first-order valence-electron chi connectivity index (χ1n) is 10.2. The van der Waals surface area contributed by atoms with Gasteiger partial charge in [-0.1, -0.05) is 44.7 Å². The van der Waals surface area contributed by atoms with E-state index in [9.17, 15) is 9.59 Å². The van der Waals surface area contributed by atoms with Crippen molar-refractivity contribution in [3.05, 3.63) is 34.6 Å². The SMILES string of the molecule is CC(C)Cn1c(=O)c2ccccc2n2c(SCC(=O)N3CCCC(C)C3)nnc12. The monoisotopic (exact) mass is 413 g/mol. The van der Waals surface area contributed by atoms with Gasteiger partial charge >= 0.3 is 0 Å². The summed E-state index contributed by atoms with van der Waals surface area (Å²) < 4.78 is 3.61. The Morgan fingerprint density at radius 1 is 1.28 bits per heavy atom. The number of piperidine rings is 1. The molecule has 3 aromatic rings. The predicted octanol–water partition coefficient (Wildman–Crippen LogP) is 3.05. The number of nitrogens with zero attached hydrogens (tertiary/aromatic N) is 5. The second kappa shape index (κ2) is 8.18. The van der Waals surface area contributed by atoms with E-state index in [4.69, 9.17) is 0 Å². The smallest absolute Gasteiger partial charge is 0.262 e. The maximum Gasteiger partial charge on any atom is 0.262 e. The normalized spacial score (nSPS) is 17.5. The number of aromatic nitrogens is 4. The van der Waals surface area contributed by atoms with Gasteiger partial charge in [-0.05, 0) is 36.8 Å². The largest absolute Gasteiger partial charge is 0.342 e. The highest BCUT2D eigenvalue weighted by Crippen LogP contribution is 2.23. The Hall–Kier alpha value is -2.35. The number of rotatable bonds is 5. The predicted molar refractivity (Wildman–Crippen MR) is 115 cm³/mol. The van der Waals surface area contributed by atoms with E-state index in [2.05, 4.69) is 31.0 Å². The minimum atomic E-state index is -0.0517. The van der Waals surface area contributed by atoms with Crippen molar-refractivity contribution in [2.45, 2.75) is 45.3 Å². The standard InChI is InChI=1S/C21H27N5O2S/c1-14(2)11-25-19(28)16-8-4-5-9-17(16)26-20(25)22-23-21(26)29-13-18(27)24-10-6-7-15(3)12-24/h4-5,8-9,14-15H,6-7,10-13H2,1-3H3. The van der Waals surface area contributed by atoms with Crippen LogP contribution >= 0.6 is 11.8 Å². The van der Waals surface area contributed by atoms with Gasteiger partial charge in [0.1, 0.15) is 0 Å². The number of carbonyl (C=O) groups excluding carboxylic acids is 1. The van der Waals surface area contributed by atoms with E-state index in [-0.39, 0.29) is 11.5 Å². The van der Waals surface area contributed by atoms with Gasteiger partial charge in [0.05, 0.1) is 16.7 Å². The molecule has 3 heterocycles. The molecular formula is C21H27N5O2S. The highest BCUT2D eigenvalue weighted by Gasteiger charge is 2.22. The number of benzene rings is 1. The quantitative estimate of drug-likeness (QED) is 0.601. The number of amides is 1. The molecule has 0 aliphatic carbocycles. The van der Waals surface area contributed by atoms with Gasteiger partial charge in [-0.3, -0.25) is 18.6 Å². The van der Waals surface area contributed by atoms with Crippen molar-refractivity contribution in [1.82, 2.24) is 24.1 Å². The van der Waals surface area contributed by atoms with Crippen LogP contribution < -0.4 is 5.56 Å². The Morgan fingerprint density at radius 3 is 2.83 bits per heavy atom. The molecule has 7 nitrogen and oxygen atoms in total. The lowest BCUT2D eigenvalue weighted by molar-refractivity contribution is -0.130. The molecule has 8 heteroatoms. The third-order valence-corrected chi connectivity index (χ3v) is 6.27. The molecule has 1 saturated heterocycles. The lowest BCUT2D eigenvalue weighted by atomic mass is 10.0. The molecule has 0 bridgehead atoms. The summed E-state index contributed by atoms with van der Waals surface area (Å²) in [6.45, 7) is 8.57. The molecule has 0 saturated carbocycles. The molecule has 29 heavy (non-hydrogen) atoms. The zero-order valence-corrected chi connectivity index (χ0v) is 18.0. The van der Waals surface area contributed by atoms with Gasteiger partial charge in [0.25, 0.3) is 5.56 Å². The van der Waals surface area contributed by atoms with Gasteiger partial charge in [0.15, 0.2) is 5.16 Å². The molecule has 1 fully saturated rings. The fraction of sp³-hybridized carbons (Fsp3) is 0.524. The molecule has 1 aliphatic rings. The first kappa shape index (κ1) is 19.9. The van der Waals surface area contributed by atoms with E-state index in [1.165, 1.54) is 18.2 Å². The number of thioether (sulfide) groups is 1. The lowest BCUT2D eigenvalue weighted by Gasteiger charge is -2.30. The molecule has 1 amide bonds. The number of para-hydroxylation sites is 1. The molecule has 1 unspecified atom stereocenters. The van der Waals surface area contributed by atoms with Gasteiger partial charge in [-0.2, -0.15) is 0 Å². The maximum atomic E-state index is 13.0. The van der Waals surface area contributed by atoms with Crippen LogP contribution in [0.2, 0.25) is 0 Å². The van der Waals surface area contributed by atoms with Crippen LogP contribution in [0.15, 0.2) is 34.2 Å². The highest BCUT2D eigenvalue weighted by molar-refractivity contribution is 7.99. The Kier molecular flexibility index (Phi) is 5.63.